The smallest absolute Gasteiger partial charge is 0.270 e. The van der Waals surface area contributed by atoms with Gasteiger partial charge in [0.25, 0.3) is 11.5 Å². The van der Waals surface area contributed by atoms with Crippen molar-refractivity contribution in [3.8, 4) is 6.07 Å². The lowest BCUT2D eigenvalue weighted by Crippen LogP contribution is -2.39. The first-order valence-corrected chi connectivity index (χ1v) is 12.6. The summed E-state index contributed by atoms with van der Waals surface area (Å²) in [5.74, 6) is 0.159. The van der Waals surface area contributed by atoms with E-state index >= 15 is 0 Å². The quantitative estimate of drug-likeness (QED) is 0.412. The normalized spacial score (nSPS) is 17.1. The fourth-order valence-corrected chi connectivity index (χ4v) is 5.06. The Labute approximate surface area is 213 Å². The SMILES string of the molecule is CCNC(=O)C(C#N)=c1sc(=CNc2cccc(NC(=O)CN(C)C3CCN(C)C3)n2)c(=O)n1CC. The second-order valence-electron chi connectivity index (χ2n) is 8.53. The van der Waals surface area contributed by atoms with Crippen molar-refractivity contribution in [1.82, 2.24) is 24.7 Å². The van der Waals surface area contributed by atoms with E-state index in [9.17, 15) is 19.6 Å². The van der Waals surface area contributed by atoms with Gasteiger partial charge >= 0.3 is 0 Å². The van der Waals surface area contributed by atoms with Crippen molar-refractivity contribution in [2.24, 2.45) is 0 Å². The Hall–Kier alpha value is -3.53. The number of likely N-dealkylation sites (tertiary alicyclic amines) is 1. The Bertz CT molecular complexity index is 1330. The lowest BCUT2D eigenvalue weighted by atomic mass is 10.2. The van der Waals surface area contributed by atoms with Crippen LogP contribution in [-0.4, -0.2) is 77.5 Å². The lowest BCUT2D eigenvalue weighted by molar-refractivity contribution is -0.117. The molecule has 0 aliphatic carbocycles. The summed E-state index contributed by atoms with van der Waals surface area (Å²) < 4.78 is 2.02. The maximum Gasteiger partial charge on any atom is 0.270 e. The minimum Gasteiger partial charge on any atom is -0.352 e. The van der Waals surface area contributed by atoms with Crippen LogP contribution in [0.15, 0.2) is 23.0 Å². The van der Waals surface area contributed by atoms with Crippen LogP contribution in [0.5, 0.6) is 0 Å². The topological polar surface area (TPSA) is 135 Å². The van der Waals surface area contributed by atoms with E-state index < -0.39 is 5.91 Å². The van der Waals surface area contributed by atoms with E-state index in [0.717, 1.165) is 30.8 Å². The number of rotatable bonds is 9. The number of amides is 2. The van der Waals surface area contributed by atoms with Gasteiger partial charge in [0.1, 0.15) is 26.9 Å². The summed E-state index contributed by atoms with van der Waals surface area (Å²) in [7, 11) is 4.02. The van der Waals surface area contributed by atoms with Crippen LogP contribution in [0, 0.1) is 11.3 Å². The standard InChI is InChI=1S/C24H32N8O3S/c1-5-26-22(34)17(12-25)24-32(6-2)23(35)18(36-24)13-27-19-8-7-9-20(28-19)29-21(33)15-31(4)16-10-11-30(3)14-16/h7-9,13,16H,5-6,10-11,14-15H2,1-4H3,(H,26,34)(H2,27,28,29,33). The van der Waals surface area contributed by atoms with Crippen LogP contribution >= 0.6 is 11.3 Å². The molecule has 192 valence electrons. The number of carbonyl (C=O) groups excluding carboxylic acids is 2. The molecule has 3 N–H and O–H groups in total. The molecule has 12 heteroatoms. The molecule has 36 heavy (non-hydrogen) atoms. The third-order valence-corrected chi connectivity index (χ3v) is 6.99. The number of nitriles is 1. The Morgan fingerprint density at radius 1 is 1.33 bits per heavy atom. The maximum absolute atomic E-state index is 12.8. The average molecular weight is 513 g/mol. The highest BCUT2D eigenvalue weighted by molar-refractivity contribution is 7.07. The first-order chi connectivity index (χ1) is 17.3. The van der Waals surface area contributed by atoms with Gasteiger partial charge in [-0.05, 0) is 53.0 Å². The highest BCUT2D eigenvalue weighted by Gasteiger charge is 2.24. The molecule has 0 saturated carbocycles. The molecule has 1 aliphatic heterocycles. The Morgan fingerprint density at radius 3 is 2.72 bits per heavy atom. The van der Waals surface area contributed by atoms with Crippen molar-refractivity contribution >= 4 is 46.6 Å². The number of hydrogen-bond acceptors (Lipinski definition) is 9. The minimum atomic E-state index is -0.515. The van der Waals surface area contributed by atoms with Crippen LogP contribution in [0.1, 0.15) is 20.3 Å². The predicted molar refractivity (Wildman–Crippen MR) is 141 cm³/mol. The summed E-state index contributed by atoms with van der Waals surface area (Å²) in [5, 5.41) is 17.9. The van der Waals surface area contributed by atoms with Crippen LogP contribution in [0.4, 0.5) is 11.6 Å². The van der Waals surface area contributed by atoms with Gasteiger partial charge in [0.05, 0.1) is 6.54 Å². The molecule has 0 bridgehead atoms. The molecule has 1 unspecified atom stereocenters. The van der Waals surface area contributed by atoms with Crippen molar-refractivity contribution < 1.29 is 9.59 Å². The van der Waals surface area contributed by atoms with Gasteiger partial charge < -0.3 is 20.9 Å². The molecule has 0 spiro atoms. The molecule has 3 rings (SSSR count). The summed E-state index contributed by atoms with van der Waals surface area (Å²) in [5.41, 5.74) is -0.412. The summed E-state index contributed by atoms with van der Waals surface area (Å²) in [4.78, 5) is 46.3. The molecule has 1 atom stereocenters. The summed E-state index contributed by atoms with van der Waals surface area (Å²) in [6.07, 6.45) is 2.53. The average Bonchev–Trinajstić information content (AvgIpc) is 3.41. The molecular formula is C24H32N8O3S. The van der Waals surface area contributed by atoms with E-state index in [1.807, 2.05) is 13.1 Å². The van der Waals surface area contributed by atoms with Gasteiger partial charge in [-0.15, -0.1) is 11.3 Å². The van der Waals surface area contributed by atoms with Gasteiger partial charge in [0.15, 0.2) is 5.57 Å². The molecule has 11 nitrogen and oxygen atoms in total. The van der Waals surface area contributed by atoms with E-state index in [1.54, 1.807) is 32.0 Å². The zero-order chi connectivity index (χ0) is 26.2. The van der Waals surface area contributed by atoms with Crippen LogP contribution in [0.3, 0.4) is 0 Å². The van der Waals surface area contributed by atoms with E-state index in [0.29, 0.717) is 40.0 Å². The van der Waals surface area contributed by atoms with Crippen molar-refractivity contribution in [1.29, 1.82) is 5.26 Å². The highest BCUT2D eigenvalue weighted by Crippen LogP contribution is 2.13. The van der Waals surface area contributed by atoms with Crippen LogP contribution in [-0.2, 0) is 16.1 Å². The zero-order valence-electron chi connectivity index (χ0n) is 21.0. The highest BCUT2D eigenvalue weighted by atomic mass is 32.1. The fourth-order valence-electron chi connectivity index (χ4n) is 3.97. The van der Waals surface area contributed by atoms with Crippen molar-refractivity contribution in [3.63, 3.8) is 0 Å². The van der Waals surface area contributed by atoms with Gasteiger partial charge in [-0.3, -0.25) is 23.9 Å². The number of hydrogen-bond donors (Lipinski definition) is 3. The second-order valence-corrected chi connectivity index (χ2v) is 9.56. The number of nitrogens with one attached hydrogen (secondary N) is 3. The first kappa shape index (κ1) is 27.1. The minimum absolute atomic E-state index is 0.0995. The van der Waals surface area contributed by atoms with Crippen LogP contribution in [0.25, 0.3) is 11.8 Å². The van der Waals surface area contributed by atoms with E-state index in [-0.39, 0.29) is 23.6 Å². The Morgan fingerprint density at radius 2 is 2.08 bits per heavy atom. The number of pyridine rings is 1. The number of carbonyl (C=O) groups is 2. The molecule has 0 radical (unpaired) electrons. The van der Waals surface area contributed by atoms with E-state index in [1.165, 1.54) is 10.8 Å². The Balaban J connectivity index is 1.76. The Kier molecular flexibility index (Phi) is 9.35. The van der Waals surface area contributed by atoms with Gasteiger partial charge in [-0.1, -0.05) is 6.07 Å². The largest absolute Gasteiger partial charge is 0.352 e. The molecule has 3 heterocycles. The molecule has 2 aromatic rings. The van der Waals surface area contributed by atoms with Crippen molar-refractivity contribution in [3.05, 3.63) is 37.7 Å². The monoisotopic (exact) mass is 512 g/mol. The van der Waals surface area contributed by atoms with Gasteiger partial charge in [0.2, 0.25) is 5.91 Å². The third-order valence-electron chi connectivity index (χ3n) is 5.86. The molecule has 2 aromatic heterocycles. The number of aromatic nitrogens is 2. The molecule has 1 aliphatic rings. The van der Waals surface area contributed by atoms with Gasteiger partial charge in [-0.2, -0.15) is 5.26 Å². The van der Waals surface area contributed by atoms with E-state index in [2.05, 4.69) is 37.8 Å². The molecule has 2 amide bonds. The molecule has 1 fully saturated rings. The van der Waals surface area contributed by atoms with Crippen molar-refractivity contribution in [2.45, 2.75) is 32.9 Å². The number of thiazole rings is 1. The second kappa shape index (κ2) is 12.4. The van der Waals surface area contributed by atoms with Crippen molar-refractivity contribution in [2.75, 3.05) is 50.9 Å². The number of likely N-dealkylation sites (N-methyl/N-ethyl adjacent to an activating group) is 2. The molecule has 1 saturated heterocycles. The number of nitrogens with zero attached hydrogens (tertiary/aromatic N) is 5. The first-order valence-electron chi connectivity index (χ1n) is 11.8. The summed E-state index contributed by atoms with van der Waals surface area (Å²) in [6.45, 7) is 6.46. The predicted octanol–water partition coefficient (Wildman–Crippen LogP) is -0.440. The van der Waals surface area contributed by atoms with Gasteiger partial charge in [-0.25, -0.2) is 4.98 Å². The van der Waals surface area contributed by atoms with E-state index in [4.69, 9.17) is 0 Å². The fraction of sp³-hybridized carbons (Fsp3) is 0.458. The van der Waals surface area contributed by atoms with Crippen LogP contribution < -0.4 is 30.7 Å². The zero-order valence-corrected chi connectivity index (χ0v) is 21.8. The molecular weight excluding hydrogens is 480 g/mol. The molecule has 0 aromatic carbocycles. The summed E-state index contributed by atoms with van der Waals surface area (Å²) >= 11 is 1.06. The third kappa shape index (κ3) is 6.57. The van der Waals surface area contributed by atoms with Crippen LogP contribution in [0.2, 0.25) is 0 Å². The summed E-state index contributed by atoms with van der Waals surface area (Å²) in [6, 6.07) is 7.42. The lowest BCUT2D eigenvalue weighted by Gasteiger charge is -2.23. The maximum atomic E-state index is 12.8. The number of anilines is 2. The van der Waals surface area contributed by atoms with Gasteiger partial charge in [0, 0.05) is 31.9 Å².